The summed E-state index contributed by atoms with van der Waals surface area (Å²) in [5, 5.41) is 11.7. The van der Waals surface area contributed by atoms with Gasteiger partial charge in [0.15, 0.2) is 0 Å². The zero-order chi connectivity index (χ0) is 19.3. The molecule has 0 saturated carbocycles. The molecule has 0 aliphatic heterocycles. The maximum absolute atomic E-state index is 13.0. The van der Waals surface area contributed by atoms with E-state index in [1.165, 1.54) is 13.0 Å². The summed E-state index contributed by atoms with van der Waals surface area (Å²) in [5.41, 5.74) is -0.284. The van der Waals surface area contributed by atoms with Crippen LogP contribution in [0, 0.1) is 17.0 Å². The van der Waals surface area contributed by atoms with Crippen LogP contribution in [-0.4, -0.2) is 26.1 Å². The van der Waals surface area contributed by atoms with Crippen LogP contribution in [0.25, 0.3) is 0 Å². The third-order valence-electron chi connectivity index (χ3n) is 3.30. The van der Waals surface area contributed by atoms with Crippen molar-refractivity contribution in [3.8, 4) is 0 Å². The summed E-state index contributed by atoms with van der Waals surface area (Å²) in [5.74, 6) is 0. The summed E-state index contributed by atoms with van der Waals surface area (Å²) in [6, 6.07) is 8.24. The molecule has 2 aromatic rings. The molecule has 5 nitrogen and oxygen atoms in total. The minimum Gasteiger partial charge on any atom is -0.258 e. The van der Waals surface area contributed by atoms with Crippen LogP contribution in [0.3, 0.4) is 0 Å². The molecule has 0 spiro atoms. The molecule has 0 saturated heterocycles. The van der Waals surface area contributed by atoms with Gasteiger partial charge >= 0.3 is 6.18 Å². The van der Waals surface area contributed by atoms with E-state index in [1.807, 2.05) is 0 Å². The molecule has 1 aromatic heterocycles. The lowest BCUT2D eigenvalue weighted by Crippen LogP contribution is -2.19. The highest BCUT2D eigenvalue weighted by Crippen LogP contribution is 2.33. The summed E-state index contributed by atoms with van der Waals surface area (Å²) >= 11 is 4.42. The second kappa shape index (κ2) is 8.83. The van der Waals surface area contributed by atoms with Gasteiger partial charge in [0.1, 0.15) is 4.90 Å². The summed E-state index contributed by atoms with van der Waals surface area (Å²) in [4.78, 5) is 15.2. The zero-order valence-corrected chi connectivity index (χ0v) is 16.1. The molecule has 0 atom stereocenters. The van der Waals surface area contributed by atoms with Gasteiger partial charge in [0, 0.05) is 23.6 Å². The minimum atomic E-state index is -4.45. The van der Waals surface area contributed by atoms with E-state index in [4.69, 9.17) is 0 Å². The third-order valence-corrected chi connectivity index (χ3v) is 4.76. The second-order valence-electron chi connectivity index (χ2n) is 5.35. The summed E-state index contributed by atoms with van der Waals surface area (Å²) < 4.78 is 40.7. The van der Waals surface area contributed by atoms with E-state index < -0.39 is 16.7 Å². The van der Waals surface area contributed by atoms with Gasteiger partial charge in [0.2, 0.25) is 0 Å². The zero-order valence-electron chi connectivity index (χ0n) is 13.7. The van der Waals surface area contributed by atoms with E-state index in [0.29, 0.717) is 16.8 Å². The van der Waals surface area contributed by atoms with Crippen LogP contribution in [0.1, 0.15) is 17.0 Å². The van der Waals surface area contributed by atoms with E-state index in [1.54, 1.807) is 22.5 Å². The Kier molecular flexibility index (Phi) is 7.01. The number of nitro groups is 1. The Balaban J connectivity index is 2.27. The number of pyridine rings is 1. The number of hydrogen-bond donors (Lipinski definition) is 0. The lowest BCUT2D eigenvalue weighted by molar-refractivity contribution is -0.387. The SMILES string of the molecule is Cc1cc(C(F)(F)F)cc(CN(CCBr)Sc2ccccc2[N+](=O)[O-])n1. The topological polar surface area (TPSA) is 59.3 Å². The fraction of sp³-hybridized carbons (Fsp3) is 0.312. The first kappa shape index (κ1) is 20.7. The van der Waals surface area contributed by atoms with Crippen molar-refractivity contribution in [2.24, 2.45) is 0 Å². The molecule has 140 valence electrons. The van der Waals surface area contributed by atoms with Gasteiger partial charge in [0.25, 0.3) is 5.69 Å². The molecule has 0 N–H and O–H groups in total. The first-order valence-corrected chi connectivity index (χ1v) is 9.37. The molecular weight excluding hydrogens is 435 g/mol. The first-order chi connectivity index (χ1) is 12.2. The number of aromatic nitrogens is 1. The van der Waals surface area contributed by atoms with Crippen LogP contribution < -0.4 is 0 Å². The highest BCUT2D eigenvalue weighted by molar-refractivity contribution is 9.09. The van der Waals surface area contributed by atoms with Crippen molar-refractivity contribution in [3.63, 3.8) is 0 Å². The van der Waals surface area contributed by atoms with Crippen molar-refractivity contribution >= 4 is 33.6 Å². The highest BCUT2D eigenvalue weighted by atomic mass is 79.9. The normalized spacial score (nSPS) is 11.8. The standard InChI is InChI=1S/C16H15BrF3N3O2S/c1-11-8-12(16(18,19)20)9-13(21-11)10-22(7-6-17)26-15-5-3-2-4-14(15)23(24)25/h2-5,8-9H,6-7,10H2,1H3. The Morgan fingerprint density at radius 1 is 1.31 bits per heavy atom. The Labute approximate surface area is 161 Å². The molecule has 0 radical (unpaired) electrons. The quantitative estimate of drug-likeness (QED) is 0.251. The van der Waals surface area contributed by atoms with Crippen LogP contribution in [-0.2, 0) is 12.7 Å². The molecule has 1 heterocycles. The number of hydrogen-bond acceptors (Lipinski definition) is 5. The monoisotopic (exact) mass is 449 g/mol. The Morgan fingerprint density at radius 3 is 2.62 bits per heavy atom. The third kappa shape index (κ3) is 5.68. The molecule has 26 heavy (non-hydrogen) atoms. The highest BCUT2D eigenvalue weighted by Gasteiger charge is 2.31. The molecule has 0 aliphatic carbocycles. The number of rotatable bonds is 7. The average molecular weight is 450 g/mol. The van der Waals surface area contributed by atoms with Crippen LogP contribution >= 0.6 is 27.9 Å². The van der Waals surface area contributed by atoms with E-state index in [-0.39, 0.29) is 23.6 Å². The number of para-hydroxylation sites is 1. The predicted molar refractivity (Wildman–Crippen MR) is 97.1 cm³/mol. The van der Waals surface area contributed by atoms with Crippen molar-refractivity contribution < 1.29 is 18.1 Å². The number of benzene rings is 1. The maximum atomic E-state index is 13.0. The molecule has 0 amide bonds. The van der Waals surface area contributed by atoms with Gasteiger partial charge in [-0.15, -0.1) is 0 Å². The number of nitrogens with zero attached hydrogens (tertiary/aromatic N) is 3. The van der Waals surface area contributed by atoms with Gasteiger partial charge in [-0.3, -0.25) is 15.1 Å². The molecule has 1 aromatic carbocycles. The Hall–Kier alpha value is -1.65. The van der Waals surface area contributed by atoms with Crippen molar-refractivity contribution in [2.75, 3.05) is 11.9 Å². The maximum Gasteiger partial charge on any atom is 0.416 e. The Morgan fingerprint density at radius 2 is 2.00 bits per heavy atom. The number of nitro benzene ring substituents is 1. The molecule has 10 heteroatoms. The molecular formula is C16H15BrF3N3O2S. The largest absolute Gasteiger partial charge is 0.416 e. The van der Waals surface area contributed by atoms with Crippen LogP contribution in [0.15, 0.2) is 41.3 Å². The van der Waals surface area contributed by atoms with Crippen molar-refractivity contribution in [3.05, 3.63) is 63.5 Å². The predicted octanol–water partition coefficient (Wildman–Crippen LogP) is 5.22. The van der Waals surface area contributed by atoms with Crippen molar-refractivity contribution in [2.45, 2.75) is 24.5 Å². The number of aryl methyl sites for hydroxylation is 1. The van der Waals surface area contributed by atoms with Gasteiger partial charge in [-0.25, -0.2) is 4.31 Å². The number of alkyl halides is 4. The summed E-state index contributed by atoms with van der Waals surface area (Å²) in [7, 11) is 0. The van der Waals surface area contributed by atoms with Crippen molar-refractivity contribution in [1.82, 2.24) is 9.29 Å². The van der Waals surface area contributed by atoms with E-state index in [9.17, 15) is 23.3 Å². The minimum absolute atomic E-state index is 0.0507. The van der Waals surface area contributed by atoms with Crippen LogP contribution in [0.4, 0.5) is 18.9 Å². The fourth-order valence-electron chi connectivity index (χ4n) is 2.24. The lowest BCUT2D eigenvalue weighted by Gasteiger charge is -2.20. The number of halogens is 4. The van der Waals surface area contributed by atoms with Gasteiger partial charge < -0.3 is 0 Å². The first-order valence-electron chi connectivity index (χ1n) is 7.47. The van der Waals surface area contributed by atoms with Gasteiger partial charge in [-0.05, 0) is 37.1 Å². The fourth-order valence-corrected chi connectivity index (χ4v) is 3.93. The van der Waals surface area contributed by atoms with Crippen LogP contribution in [0.5, 0.6) is 0 Å². The van der Waals surface area contributed by atoms with Gasteiger partial charge in [-0.1, -0.05) is 28.1 Å². The Bertz CT molecular complexity index is 790. The second-order valence-corrected chi connectivity index (χ2v) is 7.29. The smallest absolute Gasteiger partial charge is 0.258 e. The van der Waals surface area contributed by atoms with E-state index >= 15 is 0 Å². The lowest BCUT2D eigenvalue weighted by atomic mass is 10.2. The van der Waals surface area contributed by atoms with Crippen LogP contribution in [0.2, 0.25) is 0 Å². The van der Waals surface area contributed by atoms with E-state index in [0.717, 1.165) is 24.1 Å². The van der Waals surface area contributed by atoms with Gasteiger partial charge in [0.05, 0.1) is 22.7 Å². The molecule has 2 rings (SSSR count). The molecule has 0 aliphatic rings. The summed E-state index contributed by atoms with van der Waals surface area (Å²) in [6.07, 6.45) is -4.45. The van der Waals surface area contributed by atoms with E-state index in [2.05, 4.69) is 20.9 Å². The molecule has 0 unspecified atom stereocenters. The molecule has 0 fully saturated rings. The molecule has 0 bridgehead atoms. The summed E-state index contributed by atoms with van der Waals surface area (Å²) in [6.45, 7) is 2.09. The van der Waals surface area contributed by atoms with Crippen molar-refractivity contribution in [1.29, 1.82) is 0 Å². The average Bonchev–Trinajstić information content (AvgIpc) is 2.54. The van der Waals surface area contributed by atoms with Gasteiger partial charge in [-0.2, -0.15) is 13.2 Å².